The molecule has 1 aromatic carbocycles. The van der Waals surface area contributed by atoms with Crippen molar-refractivity contribution in [3.05, 3.63) is 57.4 Å². The third-order valence-electron chi connectivity index (χ3n) is 4.90. The van der Waals surface area contributed by atoms with Crippen molar-refractivity contribution in [2.45, 2.75) is 32.4 Å². The molecule has 0 amide bonds. The van der Waals surface area contributed by atoms with Crippen LogP contribution in [0, 0.1) is 11.6 Å². The molecule has 11 heteroatoms. The number of hydrogen-bond acceptors (Lipinski definition) is 5. The quantitative estimate of drug-likeness (QED) is 0.222. The van der Waals surface area contributed by atoms with Crippen LogP contribution >= 0.6 is 27.5 Å². The van der Waals surface area contributed by atoms with Crippen molar-refractivity contribution in [2.75, 3.05) is 11.9 Å². The Morgan fingerprint density at radius 2 is 1.94 bits per heavy atom. The first kappa shape index (κ1) is 23.0. The van der Waals surface area contributed by atoms with Crippen LogP contribution in [0.3, 0.4) is 0 Å². The van der Waals surface area contributed by atoms with Crippen LogP contribution in [-0.4, -0.2) is 35.3 Å². The van der Waals surface area contributed by atoms with Crippen LogP contribution in [0.4, 0.5) is 20.2 Å². The van der Waals surface area contributed by atoms with Crippen LogP contribution in [-0.2, 0) is 11.5 Å². The van der Waals surface area contributed by atoms with Gasteiger partial charge in [0.1, 0.15) is 40.2 Å². The molecule has 32 heavy (non-hydrogen) atoms. The number of fused-ring (bicyclic) bond motifs is 3. The third-order valence-corrected chi connectivity index (χ3v) is 7.29. The molecular formula is C21H21BrClF2N5OSi. The Morgan fingerprint density at radius 3 is 2.62 bits per heavy atom. The van der Waals surface area contributed by atoms with Gasteiger partial charge in [0.05, 0.1) is 17.4 Å². The molecule has 1 N–H and O–H groups in total. The van der Waals surface area contributed by atoms with E-state index in [1.54, 1.807) is 16.9 Å². The Kier molecular flexibility index (Phi) is 6.48. The lowest BCUT2D eigenvalue weighted by Crippen LogP contribution is -2.22. The average Bonchev–Trinajstić information content (AvgIpc) is 2.90. The molecule has 6 nitrogen and oxygen atoms in total. The number of benzene rings is 1. The first-order valence-electron chi connectivity index (χ1n) is 9.94. The second-order valence-corrected chi connectivity index (χ2v) is 15.4. The van der Waals surface area contributed by atoms with E-state index in [1.165, 1.54) is 18.2 Å². The lowest BCUT2D eigenvalue weighted by molar-refractivity contribution is 0.0798. The molecule has 1 aliphatic heterocycles. The van der Waals surface area contributed by atoms with Crippen molar-refractivity contribution < 1.29 is 13.5 Å². The maximum atomic E-state index is 14.5. The molecule has 4 rings (SSSR count). The Morgan fingerprint density at radius 1 is 1.22 bits per heavy atom. The summed E-state index contributed by atoms with van der Waals surface area (Å²) in [7, 11) is -1.25. The molecule has 0 saturated carbocycles. The van der Waals surface area contributed by atoms with E-state index in [4.69, 9.17) is 16.3 Å². The lowest BCUT2D eigenvalue weighted by atomic mass is 10.1. The van der Waals surface area contributed by atoms with E-state index in [0.717, 1.165) is 6.04 Å². The van der Waals surface area contributed by atoms with Crippen LogP contribution in [0.15, 0.2) is 40.1 Å². The van der Waals surface area contributed by atoms with Gasteiger partial charge in [0.2, 0.25) is 0 Å². The molecule has 0 spiro atoms. The zero-order valence-electron chi connectivity index (χ0n) is 17.7. The van der Waals surface area contributed by atoms with Gasteiger partial charge in [0.15, 0.2) is 5.15 Å². The van der Waals surface area contributed by atoms with Gasteiger partial charge in [-0.25, -0.2) is 23.4 Å². The number of aliphatic imine (C=N–C) groups is 1. The fourth-order valence-electron chi connectivity index (χ4n) is 3.25. The molecule has 3 aromatic rings. The minimum Gasteiger partial charge on any atom is -0.360 e. The first-order chi connectivity index (χ1) is 15.1. The zero-order valence-corrected chi connectivity index (χ0v) is 21.1. The van der Waals surface area contributed by atoms with Gasteiger partial charge >= 0.3 is 0 Å². The number of pyridine rings is 1. The molecule has 0 radical (unpaired) electrons. The summed E-state index contributed by atoms with van der Waals surface area (Å²) in [5, 5.41) is 7.49. The maximum absolute atomic E-state index is 14.5. The summed E-state index contributed by atoms with van der Waals surface area (Å²) in [4.78, 5) is 8.72. The third kappa shape index (κ3) is 4.78. The van der Waals surface area contributed by atoms with Gasteiger partial charge in [-0.3, -0.25) is 0 Å². The molecule has 0 fully saturated rings. The van der Waals surface area contributed by atoms with Crippen molar-refractivity contribution in [3.8, 4) is 11.3 Å². The predicted molar refractivity (Wildman–Crippen MR) is 128 cm³/mol. The molecule has 2 aromatic heterocycles. The molecule has 3 heterocycles. The van der Waals surface area contributed by atoms with Crippen LogP contribution in [0.5, 0.6) is 0 Å². The monoisotopic (exact) mass is 539 g/mol. The second-order valence-electron chi connectivity index (χ2n) is 8.57. The second kappa shape index (κ2) is 9.01. The van der Waals surface area contributed by atoms with Crippen molar-refractivity contribution >= 4 is 52.8 Å². The van der Waals surface area contributed by atoms with E-state index in [1.807, 2.05) is 0 Å². The fourth-order valence-corrected chi connectivity index (χ4v) is 4.56. The van der Waals surface area contributed by atoms with Crippen LogP contribution in [0.2, 0.25) is 30.8 Å². The number of aromatic nitrogens is 3. The molecular weight excluding hydrogens is 520 g/mol. The summed E-state index contributed by atoms with van der Waals surface area (Å²) in [5.41, 5.74) is 1.76. The standard InChI is InChI=1S/C21H21BrClF2N5OSi/c1-32(2,3)8-7-31-11-30-19-12-9-16(22)26-10-15(12)27-21(28-18(19)20(23)29-30)17-13(24)5-4-6-14(17)25/h4-6,9-10H,7-8,11H2,1-3H3,(H,27,28). The highest BCUT2D eigenvalue weighted by Crippen LogP contribution is 2.43. The molecule has 0 unspecified atom stereocenters. The largest absolute Gasteiger partial charge is 0.360 e. The van der Waals surface area contributed by atoms with Crippen molar-refractivity contribution in [1.29, 1.82) is 0 Å². The minimum atomic E-state index is -1.25. The average molecular weight is 541 g/mol. The lowest BCUT2D eigenvalue weighted by Gasteiger charge is -2.16. The van der Waals surface area contributed by atoms with E-state index >= 15 is 0 Å². The SMILES string of the molecule is C[Si](C)(C)CCOCn1nc(Cl)c2c1-c1cc(Br)ncc1NC(c1c(F)cccc1F)=N2. The molecule has 0 aliphatic carbocycles. The van der Waals surface area contributed by atoms with E-state index < -0.39 is 19.7 Å². The number of rotatable bonds is 6. The Bertz CT molecular complexity index is 1190. The number of amidine groups is 1. The smallest absolute Gasteiger partial charge is 0.177 e. The Balaban J connectivity index is 1.81. The summed E-state index contributed by atoms with van der Waals surface area (Å²) in [6.07, 6.45) is 1.56. The van der Waals surface area contributed by atoms with Crippen molar-refractivity contribution in [1.82, 2.24) is 14.8 Å². The van der Waals surface area contributed by atoms with Crippen molar-refractivity contribution in [2.24, 2.45) is 4.99 Å². The predicted octanol–water partition coefficient (Wildman–Crippen LogP) is 6.46. The summed E-state index contributed by atoms with van der Waals surface area (Å²) in [6.45, 7) is 7.59. The van der Waals surface area contributed by atoms with Crippen LogP contribution in [0.1, 0.15) is 5.56 Å². The maximum Gasteiger partial charge on any atom is 0.177 e. The molecule has 0 saturated heterocycles. The summed E-state index contributed by atoms with van der Waals surface area (Å²) >= 11 is 9.81. The van der Waals surface area contributed by atoms with Gasteiger partial charge in [0.25, 0.3) is 0 Å². The van der Waals surface area contributed by atoms with Crippen molar-refractivity contribution in [3.63, 3.8) is 0 Å². The summed E-state index contributed by atoms with van der Waals surface area (Å²) in [5.74, 6) is -1.51. The Labute approximate surface area is 198 Å². The van der Waals surface area contributed by atoms with E-state index in [2.05, 4.69) is 56.0 Å². The van der Waals surface area contributed by atoms with E-state index in [0.29, 0.717) is 33.8 Å². The number of ether oxygens (including phenoxy) is 1. The molecule has 0 bridgehead atoms. The first-order valence-corrected chi connectivity index (χ1v) is 14.8. The highest BCUT2D eigenvalue weighted by atomic mass is 79.9. The fraction of sp³-hybridized carbons (Fsp3) is 0.286. The normalized spacial score (nSPS) is 13.2. The van der Waals surface area contributed by atoms with Gasteiger partial charge in [-0.05, 0) is 40.2 Å². The summed E-state index contributed by atoms with van der Waals surface area (Å²) in [6, 6.07) is 6.42. The number of halogens is 4. The zero-order chi connectivity index (χ0) is 23.0. The van der Waals surface area contributed by atoms with E-state index in [9.17, 15) is 8.78 Å². The topological polar surface area (TPSA) is 64.3 Å². The van der Waals surface area contributed by atoms with Gasteiger partial charge in [0, 0.05) is 20.2 Å². The van der Waals surface area contributed by atoms with Gasteiger partial charge < -0.3 is 10.1 Å². The van der Waals surface area contributed by atoms with Gasteiger partial charge in [-0.1, -0.05) is 37.3 Å². The van der Waals surface area contributed by atoms with Gasteiger partial charge in [-0.2, -0.15) is 5.10 Å². The highest BCUT2D eigenvalue weighted by Gasteiger charge is 2.27. The highest BCUT2D eigenvalue weighted by molar-refractivity contribution is 9.10. The molecule has 1 aliphatic rings. The van der Waals surface area contributed by atoms with Gasteiger partial charge in [-0.15, -0.1) is 0 Å². The number of nitrogens with one attached hydrogen (secondary N) is 1. The van der Waals surface area contributed by atoms with E-state index in [-0.39, 0.29) is 23.3 Å². The summed E-state index contributed by atoms with van der Waals surface area (Å²) < 4.78 is 37.1. The number of hydrogen-bond donors (Lipinski definition) is 1. The Hall–Kier alpha value is -2.14. The molecule has 168 valence electrons. The molecule has 0 atom stereocenters. The minimum absolute atomic E-state index is 0.0224. The number of nitrogens with zero attached hydrogens (tertiary/aromatic N) is 4. The van der Waals surface area contributed by atoms with Crippen LogP contribution < -0.4 is 5.32 Å². The van der Waals surface area contributed by atoms with Crippen LogP contribution in [0.25, 0.3) is 11.3 Å². The number of anilines is 1.